The highest BCUT2D eigenvalue weighted by molar-refractivity contribution is 7.46. The Bertz CT molecular complexity index is 5090. The van der Waals surface area contributed by atoms with Gasteiger partial charge in [0, 0.05) is 36.0 Å². The number of imidazole rings is 3. The van der Waals surface area contributed by atoms with Crippen molar-refractivity contribution in [3.05, 3.63) is 288 Å². The molecule has 580 valence electrons. The van der Waals surface area contributed by atoms with E-state index < -0.39 is 85.3 Å². The number of carboxylic acid groups (broad SMARTS) is 1. The van der Waals surface area contributed by atoms with Crippen molar-refractivity contribution in [1.82, 2.24) is 29.9 Å². The zero-order valence-electron chi connectivity index (χ0n) is 60.0. The largest absolute Gasteiger partial charge is 0.493 e. The molecule has 12 aromatic rings. The number of aliphatic hydroxyl groups excluding tert-OH is 1. The third kappa shape index (κ3) is 22.7. The molecular weight excluding hydrogens is 1470 g/mol. The van der Waals surface area contributed by atoms with Gasteiger partial charge in [-0.2, -0.15) is 39.5 Å². The van der Waals surface area contributed by atoms with Gasteiger partial charge >= 0.3 is 32.3 Å². The number of carboxylic acids is 1. The molecule has 0 aliphatic heterocycles. The van der Waals surface area contributed by atoms with E-state index in [0.29, 0.717) is 19.3 Å². The molecule has 0 bridgehead atoms. The maximum Gasteiger partial charge on any atom is 0.469 e. The number of phosphoric ester groups is 1. The number of benzene rings is 9. The van der Waals surface area contributed by atoms with E-state index >= 15 is 0 Å². The Kier molecular flexibility index (Phi) is 26.1. The zero-order valence-corrected chi connectivity index (χ0v) is 60.9. The third-order valence-corrected chi connectivity index (χ3v) is 18.1. The highest BCUT2D eigenvalue weighted by Crippen LogP contribution is 2.43. The van der Waals surface area contributed by atoms with E-state index in [-0.39, 0.29) is 88.3 Å². The van der Waals surface area contributed by atoms with Crippen molar-refractivity contribution in [3.8, 4) is 84.4 Å². The molecule has 9 aromatic carbocycles. The van der Waals surface area contributed by atoms with Gasteiger partial charge in [0.2, 0.25) is 0 Å². The number of nitrogens with two attached hydrogens (primary N) is 3. The summed E-state index contributed by atoms with van der Waals surface area (Å²) in [5.41, 5.74) is 21.7. The van der Waals surface area contributed by atoms with Crippen molar-refractivity contribution < 1.29 is 87.6 Å². The number of aromatic nitrogens is 6. The summed E-state index contributed by atoms with van der Waals surface area (Å²) in [6, 6.07) is 64.5. The molecule has 111 heavy (non-hydrogen) atoms. The zero-order chi connectivity index (χ0) is 79.9. The van der Waals surface area contributed by atoms with Crippen molar-refractivity contribution in [2.75, 3.05) is 33.0 Å². The van der Waals surface area contributed by atoms with Crippen LogP contribution in [0.3, 0.4) is 0 Å². The number of aliphatic hydroxyl groups is 1. The summed E-state index contributed by atoms with van der Waals surface area (Å²) in [6.45, 7) is 3.81. The maximum absolute atomic E-state index is 13.9. The van der Waals surface area contributed by atoms with Crippen LogP contribution >= 0.6 is 7.82 Å². The lowest BCUT2D eigenvalue weighted by Gasteiger charge is -2.22. The minimum atomic E-state index is -4.77. The van der Waals surface area contributed by atoms with Gasteiger partial charge in [-0.05, 0) is 125 Å². The summed E-state index contributed by atoms with van der Waals surface area (Å²) >= 11 is 0. The molecule has 0 saturated heterocycles. The molecule has 0 radical (unpaired) electrons. The highest BCUT2D eigenvalue weighted by Gasteiger charge is 2.39. The van der Waals surface area contributed by atoms with Crippen molar-refractivity contribution in [3.63, 3.8) is 0 Å². The molecular formula is C82H79F9N9O10P. The van der Waals surface area contributed by atoms with Crippen LogP contribution in [0.15, 0.2) is 237 Å². The van der Waals surface area contributed by atoms with Gasteiger partial charge in [-0.3, -0.25) is 9.32 Å². The van der Waals surface area contributed by atoms with Crippen LogP contribution in [0.1, 0.15) is 78.0 Å². The van der Waals surface area contributed by atoms with E-state index in [1.54, 1.807) is 0 Å². The minimum absolute atomic E-state index is 0.0480. The first-order chi connectivity index (χ1) is 52.5. The molecule has 29 heteroatoms. The molecule has 0 spiro atoms. The summed E-state index contributed by atoms with van der Waals surface area (Å²) in [4.78, 5) is 49.5. The molecule has 0 amide bonds. The predicted octanol–water partition coefficient (Wildman–Crippen LogP) is 17.2. The number of aromatic amines is 3. The number of hydrogen-bond donors (Lipinski definition) is 10. The number of halogens is 9. The molecule has 12 rings (SSSR count). The maximum atomic E-state index is 13.9. The fraction of sp³-hybridized carbons (Fsp3) is 0.220. The van der Waals surface area contributed by atoms with Crippen LogP contribution in [0.2, 0.25) is 0 Å². The number of H-pyrrole nitrogens is 3. The first-order valence-corrected chi connectivity index (χ1v) is 36.1. The van der Waals surface area contributed by atoms with Gasteiger partial charge in [-0.15, -0.1) is 0 Å². The van der Waals surface area contributed by atoms with E-state index in [1.165, 1.54) is 75.8 Å². The Morgan fingerprint density at radius 3 is 1.14 bits per heavy atom. The fourth-order valence-electron chi connectivity index (χ4n) is 11.5. The second-order valence-electron chi connectivity index (χ2n) is 26.8. The number of carbonyl (C=O) groups is 1. The Balaban J connectivity index is 0.000000177. The number of phosphoric acid groups is 1. The Morgan fingerprint density at radius 2 is 0.766 bits per heavy atom. The number of nitrogens with zero attached hydrogens (tertiary/aromatic N) is 3. The quantitative estimate of drug-likeness (QED) is 0.0169. The summed E-state index contributed by atoms with van der Waals surface area (Å²) in [5.74, 6) is -1.12. The third-order valence-electron chi connectivity index (χ3n) is 17.6. The van der Waals surface area contributed by atoms with Gasteiger partial charge in [0.25, 0.3) is 0 Å². The van der Waals surface area contributed by atoms with E-state index in [1.807, 2.05) is 164 Å². The van der Waals surface area contributed by atoms with Crippen molar-refractivity contribution in [2.24, 2.45) is 17.2 Å². The van der Waals surface area contributed by atoms with Gasteiger partial charge in [-0.25, -0.2) is 19.5 Å². The lowest BCUT2D eigenvalue weighted by molar-refractivity contribution is -0.139. The highest BCUT2D eigenvalue weighted by atomic mass is 31.2. The number of ether oxygens (including phenoxy) is 3. The Labute approximate surface area is 632 Å². The van der Waals surface area contributed by atoms with Gasteiger partial charge in [0.1, 0.15) is 34.7 Å². The smallest absolute Gasteiger partial charge is 0.469 e. The van der Waals surface area contributed by atoms with E-state index in [9.17, 15) is 54.0 Å². The van der Waals surface area contributed by atoms with Crippen LogP contribution in [0.4, 0.5) is 39.5 Å². The van der Waals surface area contributed by atoms with Gasteiger partial charge in [-0.1, -0.05) is 164 Å². The van der Waals surface area contributed by atoms with Gasteiger partial charge < -0.3 is 66.4 Å². The minimum Gasteiger partial charge on any atom is -0.493 e. The predicted molar refractivity (Wildman–Crippen MR) is 402 cm³/mol. The number of rotatable bonds is 27. The lowest BCUT2D eigenvalue weighted by atomic mass is 9.99. The SMILES string of the molecule is C[C@](N)(CC(=O)O)c1ncc(-c2ccc(OCCc3ccc(-c4ccccc4)cc3)c(C(F)(F)F)c2)[nH]1.C[C@](N)(CO)c1ncc(-c2ccc(OCCc3ccc(-c4ccccc4)cc3)cc2C(F)(F)F)[nH]1.C[C@](N)(COP(=O)(O)O)c1ncc(-c2ccc(OCCc3ccc(-c4ccccc4)cc3)c(C(F)(F)F)c2)[nH]1. The summed E-state index contributed by atoms with van der Waals surface area (Å²) in [5, 5.41) is 18.4. The summed E-state index contributed by atoms with van der Waals surface area (Å²) in [6.07, 6.45) is -9.00. The van der Waals surface area contributed by atoms with Crippen molar-refractivity contribution in [2.45, 2.75) is 81.6 Å². The Hall–Kier alpha value is -11.2. The van der Waals surface area contributed by atoms with Crippen molar-refractivity contribution >= 4 is 13.8 Å². The average Bonchev–Trinajstić information content (AvgIpc) is 1.78. The molecule has 0 aliphatic rings. The van der Waals surface area contributed by atoms with E-state index in [4.69, 9.17) is 46.3 Å². The van der Waals surface area contributed by atoms with Gasteiger partial charge in [0.15, 0.2) is 0 Å². The monoisotopic (exact) mass is 1550 g/mol. The van der Waals surface area contributed by atoms with Crippen LogP contribution in [-0.4, -0.2) is 88.9 Å². The van der Waals surface area contributed by atoms with Gasteiger partial charge in [0.05, 0.1) is 108 Å². The Morgan fingerprint density at radius 1 is 0.423 bits per heavy atom. The van der Waals surface area contributed by atoms with E-state index in [2.05, 4.69) is 34.4 Å². The number of aliphatic carboxylic acids is 1. The second kappa shape index (κ2) is 35.2. The molecule has 3 atom stereocenters. The molecule has 3 heterocycles. The molecule has 0 fully saturated rings. The molecule has 13 N–H and O–H groups in total. The van der Waals surface area contributed by atoms with Crippen LogP contribution < -0.4 is 31.4 Å². The van der Waals surface area contributed by atoms with E-state index in [0.717, 1.165) is 68.3 Å². The normalized spacial score (nSPS) is 13.5. The molecule has 0 unspecified atom stereocenters. The topological polar surface area (TPSA) is 316 Å². The second-order valence-corrected chi connectivity index (χ2v) is 28.0. The number of hydrogen-bond acceptors (Lipinski definition) is 13. The first-order valence-electron chi connectivity index (χ1n) is 34.5. The molecule has 0 aliphatic carbocycles. The van der Waals surface area contributed by atoms with Crippen LogP contribution in [0, 0.1) is 0 Å². The molecule has 19 nitrogen and oxygen atoms in total. The molecule has 3 aromatic heterocycles. The molecule has 0 saturated carbocycles. The number of nitrogens with one attached hydrogen (secondary N) is 3. The first kappa shape index (κ1) is 82.3. The van der Waals surface area contributed by atoms with Crippen LogP contribution in [-0.2, 0) is 68.3 Å². The standard InChI is InChI=1S/C28H26F3N3O3.C27H27F3N3O5P.C27H26F3N3O2/c1-27(32,16-25(35)36)26-33-17-23(34-26)21-11-12-24(22(15-21)28(29,30)31)37-14-13-18-7-9-20(10-8-18)19-5-3-2-4-6-19;1-26(31,17-38-39(34,35)36)25-32-16-23(33-25)21-11-12-24(22(15-21)27(28,29)30)37-14-13-18-7-9-20(10-8-18)19-5-3-2-4-6-19;1-26(31,17-34)25-32-16-24(33-25)22-12-11-21(15-23(22)27(28,29)30)35-14-13-18-7-9-20(10-8-18)19-5-3-2-4-6-19/h2-12,15,17H,13-14,16,32H2,1H3,(H,33,34)(H,35,36);2-12,15-16H,13-14,17,31H2,1H3,(H,32,33)(H2,34,35,36);2-12,15-16,34H,13-14,17,31H2,1H3,(H,32,33)/t27-;2*26-/m000/s1. The summed E-state index contributed by atoms with van der Waals surface area (Å²) in [7, 11) is -4.77. The lowest BCUT2D eigenvalue weighted by Crippen LogP contribution is -2.39. The van der Waals surface area contributed by atoms with Crippen molar-refractivity contribution in [1.29, 1.82) is 0 Å². The average molecular weight is 1550 g/mol. The summed E-state index contributed by atoms with van der Waals surface area (Å²) < 4.78 is 157. The van der Waals surface area contributed by atoms with Crippen LogP contribution in [0.5, 0.6) is 17.2 Å². The fourth-order valence-corrected chi connectivity index (χ4v) is 12.0. The van der Waals surface area contributed by atoms with Crippen LogP contribution in [0.25, 0.3) is 67.2 Å². The number of alkyl halides is 9.